The largest absolute Gasteiger partial charge is 0.343 e. The van der Waals surface area contributed by atoms with Gasteiger partial charge in [0.2, 0.25) is 0 Å². The Hall–Kier alpha value is -4.24. The van der Waals surface area contributed by atoms with Crippen molar-refractivity contribution in [1.29, 1.82) is 0 Å². The zero-order valence-corrected chi connectivity index (χ0v) is 19.1. The standard InChI is InChI=1S/C26H18FN3O4S/c27-21-5-1-3-18(12-21)15-28-10-9-20-11-17(7-8-23(20)28)14-24-25(31)29(26(32)35-24)16-19-4-2-6-22(13-19)30(33)34/h1-14H,15-16H2/b24-14+. The monoisotopic (exact) mass is 487 g/mol. The first-order valence-electron chi connectivity index (χ1n) is 10.7. The van der Waals surface area contributed by atoms with Crippen LogP contribution in [0.15, 0.2) is 83.9 Å². The second-order valence-electron chi connectivity index (χ2n) is 8.09. The normalized spacial score (nSPS) is 14.9. The van der Waals surface area contributed by atoms with E-state index in [-0.39, 0.29) is 18.0 Å². The maximum Gasteiger partial charge on any atom is 0.293 e. The molecule has 0 saturated carbocycles. The predicted octanol–water partition coefficient (Wildman–Crippen LogP) is 5.97. The van der Waals surface area contributed by atoms with E-state index in [9.17, 15) is 24.1 Å². The lowest BCUT2D eigenvalue weighted by atomic mass is 10.1. The number of aromatic nitrogens is 1. The summed E-state index contributed by atoms with van der Waals surface area (Å²) >= 11 is 0.844. The summed E-state index contributed by atoms with van der Waals surface area (Å²) in [5.74, 6) is -0.712. The minimum atomic E-state index is -0.515. The summed E-state index contributed by atoms with van der Waals surface area (Å²) < 4.78 is 15.5. The summed E-state index contributed by atoms with van der Waals surface area (Å²) in [6, 6.07) is 20.0. The average molecular weight is 488 g/mol. The summed E-state index contributed by atoms with van der Waals surface area (Å²) in [6.45, 7) is 0.489. The molecule has 0 N–H and O–H groups in total. The van der Waals surface area contributed by atoms with Crippen molar-refractivity contribution in [2.75, 3.05) is 0 Å². The molecule has 9 heteroatoms. The molecule has 5 rings (SSSR count). The zero-order chi connectivity index (χ0) is 24.5. The number of imide groups is 1. The highest BCUT2D eigenvalue weighted by Crippen LogP contribution is 2.34. The van der Waals surface area contributed by atoms with Crippen molar-refractivity contribution in [1.82, 2.24) is 9.47 Å². The van der Waals surface area contributed by atoms with Crippen LogP contribution in [-0.2, 0) is 17.9 Å². The Labute approximate surface area is 203 Å². The minimum Gasteiger partial charge on any atom is -0.343 e. The molecule has 174 valence electrons. The number of halogens is 1. The molecule has 0 radical (unpaired) electrons. The zero-order valence-electron chi connectivity index (χ0n) is 18.3. The van der Waals surface area contributed by atoms with Gasteiger partial charge in [-0.15, -0.1) is 0 Å². The maximum atomic E-state index is 13.5. The van der Waals surface area contributed by atoms with Crippen LogP contribution in [0.2, 0.25) is 0 Å². The highest BCUT2D eigenvalue weighted by molar-refractivity contribution is 8.18. The smallest absolute Gasteiger partial charge is 0.293 e. The predicted molar refractivity (Wildman–Crippen MR) is 132 cm³/mol. The Kier molecular flexibility index (Phi) is 5.92. The van der Waals surface area contributed by atoms with Crippen LogP contribution in [-0.4, -0.2) is 25.5 Å². The highest BCUT2D eigenvalue weighted by Gasteiger charge is 2.35. The molecule has 2 amide bonds. The SMILES string of the molecule is O=C1S/C(=C/c2ccc3c(ccn3Cc3cccc(F)c3)c2)C(=O)N1Cc1cccc([N+](=O)[O-])c1. The van der Waals surface area contributed by atoms with Gasteiger partial charge in [-0.3, -0.25) is 24.6 Å². The Balaban J connectivity index is 1.35. The molecule has 1 aromatic heterocycles. The molecule has 3 aromatic carbocycles. The van der Waals surface area contributed by atoms with Crippen LogP contribution in [0.5, 0.6) is 0 Å². The van der Waals surface area contributed by atoms with E-state index in [0.29, 0.717) is 17.0 Å². The number of hydrogen-bond donors (Lipinski definition) is 0. The van der Waals surface area contributed by atoms with Gasteiger partial charge in [0.25, 0.3) is 16.8 Å². The van der Waals surface area contributed by atoms with Crippen molar-refractivity contribution < 1.29 is 18.9 Å². The van der Waals surface area contributed by atoms with E-state index in [4.69, 9.17) is 0 Å². The number of amides is 2. The van der Waals surface area contributed by atoms with Gasteiger partial charge >= 0.3 is 0 Å². The number of nitro benzene ring substituents is 1. The van der Waals surface area contributed by atoms with Crippen molar-refractivity contribution in [3.05, 3.63) is 117 Å². The van der Waals surface area contributed by atoms with E-state index >= 15 is 0 Å². The number of thioether (sulfide) groups is 1. The number of rotatable bonds is 6. The molecule has 35 heavy (non-hydrogen) atoms. The number of hydrogen-bond acceptors (Lipinski definition) is 5. The van der Waals surface area contributed by atoms with Gasteiger partial charge in [0.05, 0.1) is 16.4 Å². The Morgan fingerprint density at radius 1 is 0.943 bits per heavy atom. The first-order chi connectivity index (χ1) is 16.9. The number of fused-ring (bicyclic) bond motifs is 1. The molecule has 0 bridgehead atoms. The van der Waals surface area contributed by atoms with Gasteiger partial charge in [0.15, 0.2) is 0 Å². The summed E-state index contributed by atoms with van der Waals surface area (Å²) in [7, 11) is 0. The minimum absolute atomic E-state index is 0.0361. The van der Waals surface area contributed by atoms with Crippen LogP contribution in [0.3, 0.4) is 0 Å². The van der Waals surface area contributed by atoms with E-state index < -0.39 is 16.1 Å². The van der Waals surface area contributed by atoms with Crippen LogP contribution in [0.4, 0.5) is 14.9 Å². The van der Waals surface area contributed by atoms with Crippen molar-refractivity contribution in [3.63, 3.8) is 0 Å². The number of benzene rings is 3. The molecule has 0 spiro atoms. The van der Waals surface area contributed by atoms with E-state index in [1.54, 1.807) is 18.2 Å². The molecule has 0 unspecified atom stereocenters. The second-order valence-corrected chi connectivity index (χ2v) is 9.08. The number of nitro groups is 1. The van der Waals surface area contributed by atoms with Gasteiger partial charge < -0.3 is 4.57 Å². The van der Waals surface area contributed by atoms with Gasteiger partial charge in [0.1, 0.15) is 5.82 Å². The molecule has 1 aliphatic heterocycles. The summed E-state index contributed by atoms with van der Waals surface area (Å²) in [6.07, 6.45) is 3.59. The molecule has 1 fully saturated rings. The molecule has 0 aliphatic carbocycles. The average Bonchev–Trinajstić information content (AvgIpc) is 3.34. The van der Waals surface area contributed by atoms with Crippen LogP contribution >= 0.6 is 11.8 Å². The van der Waals surface area contributed by atoms with Gasteiger partial charge in [-0.05, 0) is 64.9 Å². The van der Waals surface area contributed by atoms with Crippen LogP contribution in [0.25, 0.3) is 17.0 Å². The number of nitrogens with zero attached hydrogens (tertiary/aromatic N) is 3. The Bertz CT molecular complexity index is 1530. The summed E-state index contributed by atoms with van der Waals surface area (Å²) in [5.41, 5.74) is 2.99. The second kappa shape index (κ2) is 9.19. The Morgan fingerprint density at radius 2 is 1.71 bits per heavy atom. The lowest BCUT2D eigenvalue weighted by molar-refractivity contribution is -0.384. The van der Waals surface area contributed by atoms with E-state index in [0.717, 1.165) is 38.7 Å². The fourth-order valence-electron chi connectivity index (χ4n) is 4.02. The van der Waals surface area contributed by atoms with Gasteiger partial charge in [-0.2, -0.15) is 0 Å². The highest BCUT2D eigenvalue weighted by atomic mass is 32.2. The molecule has 1 aliphatic rings. The summed E-state index contributed by atoms with van der Waals surface area (Å²) in [5, 5.41) is 11.5. The molecule has 4 aromatic rings. The third-order valence-electron chi connectivity index (χ3n) is 5.67. The van der Waals surface area contributed by atoms with Gasteiger partial charge in [-0.1, -0.05) is 30.3 Å². The molecular weight excluding hydrogens is 469 g/mol. The van der Waals surface area contributed by atoms with Gasteiger partial charge in [-0.25, -0.2) is 4.39 Å². The number of non-ortho nitro benzene ring substituents is 1. The fourth-order valence-corrected chi connectivity index (χ4v) is 4.86. The third-order valence-corrected chi connectivity index (χ3v) is 6.58. The Morgan fingerprint density at radius 3 is 2.49 bits per heavy atom. The third kappa shape index (κ3) is 4.71. The molecule has 1 saturated heterocycles. The van der Waals surface area contributed by atoms with Crippen molar-refractivity contribution in [3.8, 4) is 0 Å². The first-order valence-corrected chi connectivity index (χ1v) is 11.5. The van der Waals surface area contributed by atoms with Crippen molar-refractivity contribution in [2.45, 2.75) is 13.1 Å². The van der Waals surface area contributed by atoms with Crippen molar-refractivity contribution in [2.24, 2.45) is 0 Å². The summed E-state index contributed by atoms with van der Waals surface area (Å²) in [4.78, 5) is 37.2. The van der Waals surface area contributed by atoms with E-state index in [1.165, 1.54) is 30.3 Å². The fraction of sp³-hybridized carbons (Fsp3) is 0.0769. The molecular formula is C26H18FN3O4S. The van der Waals surface area contributed by atoms with Gasteiger partial charge in [0, 0.05) is 35.8 Å². The topological polar surface area (TPSA) is 85.5 Å². The molecule has 2 heterocycles. The van der Waals surface area contributed by atoms with Crippen LogP contribution < -0.4 is 0 Å². The van der Waals surface area contributed by atoms with Crippen LogP contribution in [0, 0.1) is 15.9 Å². The quantitative estimate of drug-likeness (QED) is 0.190. The van der Waals surface area contributed by atoms with E-state index in [1.807, 2.05) is 41.1 Å². The maximum absolute atomic E-state index is 13.5. The first kappa shape index (κ1) is 22.5. The lowest BCUT2D eigenvalue weighted by Crippen LogP contribution is -2.27. The van der Waals surface area contributed by atoms with E-state index in [2.05, 4.69) is 0 Å². The molecule has 7 nitrogen and oxygen atoms in total. The van der Waals surface area contributed by atoms with Crippen LogP contribution in [0.1, 0.15) is 16.7 Å². The number of carbonyl (C=O) groups excluding carboxylic acids is 2. The molecule has 0 atom stereocenters. The van der Waals surface area contributed by atoms with Crippen molar-refractivity contribution >= 4 is 45.6 Å². The number of carbonyl (C=O) groups is 2. The lowest BCUT2D eigenvalue weighted by Gasteiger charge is -2.12.